The van der Waals surface area contributed by atoms with E-state index in [0.717, 1.165) is 6.07 Å². The number of hydrogen-bond donors (Lipinski definition) is 2. The number of amides is 1. The maximum Gasteiger partial charge on any atom is 0.251 e. The first-order chi connectivity index (χ1) is 10.5. The van der Waals surface area contributed by atoms with E-state index in [9.17, 15) is 18.7 Å². The van der Waals surface area contributed by atoms with Crippen LogP contribution < -0.4 is 10.1 Å². The minimum Gasteiger partial charge on any atom is -0.494 e. The molecule has 4 nitrogen and oxygen atoms in total. The first-order valence-electron chi connectivity index (χ1n) is 6.56. The van der Waals surface area contributed by atoms with Crippen molar-refractivity contribution >= 4 is 5.91 Å². The quantitative estimate of drug-likeness (QED) is 0.892. The summed E-state index contributed by atoms with van der Waals surface area (Å²) in [4.78, 5) is 11.9. The van der Waals surface area contributed by atoms with Gasteiger partial charge in [0.25, 0.3) is 5.91 Å². The molecule has 22 heavy (non-hydrogen) atoms. The fourth-order valence-electron chi connectivity index (χ4n) is 1.90. The largest absolute Gasteiger partial charge is 0.494 e. The second-order valence-electron chi connectivity index (χ2n) is 4.63. The van der Waals surface area contributed by atoms with E-state index in [-0.39, 0.29) is 17.9 Å². The monoisotopic (exact) mass is 307 g/mol. The summed E-state index contributed by atoms with van der Waals surface area (Å²) in [5, 5.41) is 12.4. The zero-order valence-corrected chi connectivity index (χ0v) is 11.8. The molecule has 116 valence electrons. The molecule has 0 bridgehead atoms. The number of benzene rings is 2. The lowest BCUT2D eigenvalue weighted by molar-refractivity contribution is 0.0915. The van der Waals surface area contributed by atoms with Crippen LogP contribution in [-0.2, 0) is 0 Å². The Morgan fingerprint density at radius 3 is 2.50 bits per heavy atom. The second kappa shape index (κ2) is 7.00. The molecular weight excluding hydrogens is 292 g/mol. The normalized spacial score (nSPS) is 11.8. The highest BCUT2D eigenvalue weighted by molar-refractivity contribution is 5.94. The standard InChI is InChI=1S/C16H15F2NO3/c1-22-15-7-4-11(8-13(15)18)16(21)19-9-14(20)10-2-5-12(17)6-3-10/h2-8,14,20H,9H2,1H3,(H,19,21). The number of aliphatic hydroxyl groups is 1. The van der Waals surface area contributed by atoms with Crippen molar-refractivity contribution in [1.29, 1.82) is 0 Å². The molecule has 1 unspecified atom stereocenters. The van der Waals surface area contributed by atoms with Crippen LogP contribution in [0.3, 0.4) is 0 Å². The molecule has 1 amide bonds. The van der Waals surface area contributed by atoms with E-state index in [0.29, 0.717) is 5.56 Å². The summed E-state index contributed by atoms with van der Waals surface area (Å²) in [6, 6.07) is 9.12. The Labute approximate surface area is 126 Å². The molecule has 1 atom stereocenters. The number of halogens is 2. The van der Waals surface area contributed by atoms with Gasteiger partial charge in [0.2, 0.25) is 0 Å². The number of carbonyl (C=O) groups is 1. The van der Waals surface area contributed by atoms with E-state index < -0.39 is 23.6 Å². The molecule has 2 aromatic carbocycles. The van der Waals surface area contributed by atoms with Crippen molar-refractivity contribution in [1.82, 2.24) is 5.32 Å². The van der Waals surface area contributed by atoms with E-state index in [1.807, 2.05) is 0 Å². The minimum atomic E-state index is -0.979. The average Bonchev–Trinajstić information content (AvgIpc) is 2.52. The molecule has 0 spiro atoms. The first kappa shape index (κ1) is 15.9. The number of methoxy groups -OCH3 is 1. The van der Waals surface area contributed by atoms with Crippen LogP contribution in [-0.4, -0.2) is 24.7 Å². The lowest BCUT2D eigenvalue weighted by Crippen LogP contribution is -2.28. The van der Waals surface area contributed by atoms with Crippen molar-refractivity contribution in [2.24, 2.45) is 0 Å². The highest BCUT2D eigenvalue weighted by Crippen LogP contribution is 2.18. The number of nitrogens with one attached hydrogen (secondary N) is 1. The molecule has 0 aliphatic rings. The summed E-state index contributed by atoms with van der Waals surface area (Å²) in [7, 11) is 1.33. The fraction of sp³-hybridized carbons (Fsp3) is 0.188. The average molecular weight is 307 g/mol. The molecule has 2 N–H and O–H groups in total. The van der Waals surface area contributed by atoms with E-state index in [1.54, 1.807) is 0 Å². The molecular formula is C16H15F2NO3. The zero-order valence-electron chi connectivity index (χ0n) is 11.8. The van der Waals surface area contributed by atoms with Gasteiger partial charge in [-0.15, -0.1) is 0 Å². The Morgan fingerprint density at radius 1 is 1.23 bits per heavy atom. The predicted molar refractivity (Wildman–Crippen MR) is 76.6 cm³/mol. The van der Waals surface area contributed by atoms with Gasteiger partial charge >= 0.3 is 0 Å². The van der Waals surface area contributed by atoms with Gasteiger partial charge in [-0.25, -0.2) is 8.78 Å². The molecule has 0 aliphatic heterocycles. The maximum absolute atomic E-state index is 13.5. The van der Waals surface area contributed by atoms with E-state index >= 15 is 0 Å². The molecule has 0 heterocycles. The van der Waals surface area contributed by atoms with Gasteiger partial charge in [-0.2, -0.15) is 0 Å². The van der Waals surface area contributed by atoms with Crippen LogP contribution in [0.5, 0.6) is 5.75 Å². The number of rotatable bonds is 5. The summed E-state index contributed by atoms with van der Waals surface area (Å²) >= 11 is 0. The topological polar surface area (TPSA) is 58.6 Å². The summed E-state index contributed by atoms with van der Waals surface area (Å²) in [5.74, 6) is -1.53. The van der Waals surface area contributed by atoms with Crippen molar-refractivity contribution < 1.29 is 23.4 Å². The van der Waals surface area contributed by atoms with Crippen LogP contribution in [0, 0.1) is 11.6 Å². The van der Waals surface area contributed by atoms with Gasteiger partial charge in [-0.05, 0) is 35.9 Å². The summed E-state index contributed by atoms with van der Waals surface area (Å²) < 4.78 is 31.1. The first-order valence-corrected chi connectivity index (χ1v) is 6.56. The molecule has 0 saturated heterocycles. The Kier molecular flexibility index (Phi) is 5.06. The van der Waals surface area contributed by atoms with Crippen molar-refractivity contribution in [2.75, 3.05) is 13.7 Å². The Bertz CT molecular complexity index is 659. The van der Waals surface area contributed by atoms with Gasteiger partial charge in [0, 0.05) is 12.1 Å². The molecule has 2 aromatic rings. The Hall–Kier alpha value is -2.47. The number of ether oxygens (including phenoxy) is 1. The lowest BCUT2D eigenvalue weighted by Gasteiger charge is -2.12. The molecule has 2 rings (SSSR count). The van der Waals surface area contributed by atoms with Gasteiger partial charge in [0.15, 0.2) is 11.6 Å². The van der Waals surface area contributed by atoms with Crippen LogP contribution in [0.25, 0.3) is 0 Å². The predicted octanol–water partition coefficient (Wildman–Crippen LogP) is 2.44. The van der Waals surface area contributed by atoms with Crippen molar-refractivity contribution in [3.63, 3.8) is 0 Å². The second-order valence-corrected chi connectivity index (χ2v) is 4.63. The third-order valence-corrected chi connectivity index (χ3v) is 3.12. The SMILES string of the molecule is COc1ccc(C(=O)NCC(O)c2ccc(F)cc2)cc1F. The Morgan fingerprint density at radius 2 is 1.91 bits per heavy atom. The van der Waals surface area contributed by atoms with Gasteiger partial charge in [0.05, 0.1) is 13.2 Å². The van der Waals surface area contributed by atoms with E-state index in [1.165, 1.54) is 43.5 Å². The van der Waals surface area contributed by atoms with Crippen molar-refractivity contribution in [3.05, 3.63) is 65.2 Å². The number of aliphatic hydroxyl groups excluding tert-OH is 1. The third-order valence-electron chi connectivity index (χ3n) is 3.12. The van der Waals surface area contributed by atoms with Gasteiger partial charge in [-0.3, -0.25) is 4.79 Å². The number of hydrogen-bond acceptors (Lipinski definition) is 3. The molecule has 0 saturated carbocycles. The van der Waals surface area contributed by atoms with Crippen LogP contribution in [0.1, 0.15) is 22.0 Å². The van der Waals surface area contributed by atoms with Gasteiger partial charge < -0.3 is 15.2 Å². The molecule has 6 heteroatoms. The van der Waals surface area contributed by atoms with E-state index in [2.05, 4.69) is 5.32 Å². The van der Waals surface area contributed by atoms with Crippen molar-refractivity contribution in [2.45, 2.75) is 6.10 Å². The molecule has 0 aliphatic carbocycles. The summed E-state index contributed by atoms with van der Waals surface area (Å²) in [6.45, 7) is -0.0713. The minimum absolute atomic E-state index is 0.0443. The van der Waals surface area contributed by atoms with Gasteiger partial charge in [0.1, 0.15) is 5.82 Å². The smallest absolute Gasteiger partial charge is 0.251 e. The van der Waals surface area contributed by atoms with Gasteiger partial charge in [-0.1, -0.05) is 12.1 Å². The van der Waals surface area contributed by atoms with Crippen molar-refractivity contribution in [3.8, 4) is 5.75 Å². The third kappa shape index (κ3) is 3.79. The van der Waals surface area contributed by atoms with E-state index in [4.69, 9.17) is 4.74 Å². The highest BCUT2D eigenvalue weighted by Gasteiger charge is 2.13. The van der Waals surface area contributed by atoms with Crippen LogP contribution >= 0.6 is 0 Å². The Balaban J connectivity index is 1.97. The summed E-state index contributed by atoms with van der Waals surface area (Å²) in [5.41, 5.74) is 0.590. The highest BCUT2D eigenvalue weighted by atomic mass is 19.1. The van der Waals surface area contributed by atoms with Crippen LogP contribution in [0.15, 0.2) is 42.5 Å². The maximum atomic E-state index is 13.5. The number of carbonyl (C=O) groups excluding carboxylic acids is 1. The lowest BCUT2D eigenvalue weighted by atomic mass is 10.1. The van der Waals surface area contributed by atoms with Crippen LogP contribution in [0.4, 0.5) is 8.78 Å². The summed E-state index contributed by atoms with van der Waals surface area (Å²) in [6.07, 6.45) is -0.979. The fourth-order valence-corrected chi connectivity index (χ4v) is 1.90. The zero-order chi connectivity index (χ0) is 16.1. The molecule has 0 aromatic heterocycles. The van der Waals surface area contributed by atoms with Crippen LogP contribution in [0.2, 0.25) is 0 Å². The molecule has 0 radical (unpaired) electrons. The molecule has 0 fully saturated rings.